The van der Waals surface area contributed by atoms with Crippen LogP contribution in [0.4, 0.5) is 0 Å². The first-order valence-electron chi connectivity index (χ1n) is 7.77. The number of nitrogens with one attached hydrogen (secondary N) is 2. The minimum Gasteiger partial charge on any atom is -0.310 e. The average Bonchev–Trinajstić information content (AvgIpc) is 3.14. The normalized spacial score (nSPS) is 21.7. The van der Waals surface area contributed by atoms with Gasteiger partial charge in [-0.25, -0.2) is 13.1 Å². The van der Waals surface area contributed by atoms with Gasteiger partial charge in [0.25, 0.3) is 0 Å². The molecule has 118 valence electrons. The fraction of sp³-hybridized carbons (Fsp3) is 0.625. The quantitative estimate of drug-likeness (QED) is 0.776. The summed E-state index contributed by atoms with van der Waals surface area (Å²) in [6.07, 6.45) is 3.18. The van der Waals surface area contributed by atoms with Gasteiger partial charge in [0.2, 0.25) is 10.0 Å². The number of hydrogen-bond donors (Lipinski definition) is 2. The highest BCUT2D eigenvalue weighted by molar-refractivity contribution is 7.89. The third-order valence-corrected chi connectivity index (χ3v) is 5.44. The molecule has 4 nitrogen and oxygen atoms in total. The Labute approximate surface area is 128 Å². The van der Waals surface area contributed by atoms with Crippen molar-refractivity contribution in [2.75, 3.05) is 0 Å². The van der Waals surface area contributed by atoms with Crippen molar-refractivity contribution in [3.05, 3.63) is 29.8 Å². The van der Waals surface area contributed by atoms with E-state index in [-0.39, 0.29) is 6.04 Å². The van der Waals surface area contributed by atoms with Crippen molar-refractivity contribution < 1.29 is 8.42 Å². The van der Waals surface area contributed by atoms with Crippen molar-refractivity contribution in [2.45, 2.75) is 63.6 Å². The number of hydrogen-bond acceptors (Lipinski definition) is 3. The molecule has 1 aliphatic rings. The second kappa shape index (κ2) is 6.90. The molecule has 0 saturated heterocycles. The lowest BCUT2D eigenvalue weighted by Crippen LogP contribution is -2.29. The largest absolute Gasteiger partial charge is 0.310 e. The number of benzene rings is 1. The van der Waals surface area contributed by atoms with Crippen molar-refractivity contribution in [2.24, 2.45) is 5.92 Å². The molecule has 1 aliphatic carbocycles. The molecule has 21 heavy (non-hydrogen) atoms. The summed E-state index contributed by atoms with van der Waals surface area (Å²) in [5.74, 6) is 0.519. The summed E-state index contributed by atoms with van der Waals surface area (Å²) >= 11 is 0. The third kappa shape index (κ3) is 4.53. The van der Waals surface area contributed by atoms with Gasteiger partial charge < -0.3 is 5.32 Å². The third-order valence-electron chi connectivity index (χ3n) is 3.85. The highest BCUT2D eigenvalue weighted by Gasteiger charge is 2.39. The SMILES string of the molecule is CCCC1CC1NS(=O)(=O)c1ccccc1CNC(C)C. The Balaban J connectivity index is 2.09. The predicted octanol–water partition coefficient (Wildman–Crippen LogP) is 2.65. The monoisotopic (exact) mass is 310 g/mol. The van der Waals surface area contributed by atoms with Crippen LogP contribution in [-0.2, 0) is 16.6 Å². The van der Waals surface area contributed by atoms with Gasteiger partial charge in [0.1, 0.15) is 0 Å². The van der Waals surface area contributed by atoms with Crippen LogP contribution in [0.5, 0.6) is 0 Å². The van der Waals surface area contributed by atoms with Crippen LogP contribution in [0.3, 0.4) is 0 Å². The highest BCUT2D eigenvalue weighted by Crippen LogP contribution is 2.35. The minimum absolute atomic E-state index is 0.126. The summed E-state index contributed by atoms with van der Waals surface area (Å²) in [5, 5.41) is 3.28. The van der Waals surface area contributed by atoms with E-state index >= 15 is 0 Å². The molecule has 1 saturated carbocycles. The van der Waals surface area contributed by atoms with Gasteiger partial charge in [-0.15, -0.1) is 0 Å². The number of sulfonamides is 1. The van der Waals surface area contributed by atoms with E-state index in [1.165, 1.54) is 0 Å². The molecular formula is C16H26N2O2S. The van der Waals surface area contributed by atoms with Crippen LogP contribution in [-0.4, -0.2) is 20.5 Å². The predicted molar refractivity (Wildman–Crippen MR) is 85.5 cm³/mol. The molecule has 0 amide bonds. The zero-order valence-corrected chi connectivity index (χ0v) is 13.9. The summed E-state index contributed by atoms with van der Waals surface area (Å²) < 4.78 is 28.0. The highest BCUT2D eigenvalue weighted by atomic mass is 32.2. The van der Waals surface area contributed by atoms with Gasteiger partial charge in [0, 0.05) is 18.6 Å². The first kappa shape index (κ1) is 16.5. The molecule has 2 N–H and O–H groups in total. The van der Waals surface area contributed by atoms with E-state index in [4.69, 9.17) is 0 Å². The Kier molecular flexibility index (Phi) is 5.41. The van der Waals surface area contributed by atoms with E-state index in [0.29, 0.717) is 23.4 Å². The lowest BCUT2D eigenvalue weighted by molar-refractivity contribution is 0.563. The van der Waals surface area contributed by atoms with E-state index in [0.717, 1.165) is 24.8 Å². The Morgan fingerprint density at radius 2 is 2.00 bits per heavy atom. The second-order valence-electron chi connectivity index (χ2n) is 6.16. The van der Waals surface area contributed by atoms with Gasteiger partial charge in [0.05, 0.1) is 4.90 Å². The zero-order valence-electron chi connectivity index (χ0n) is 13.1. The summed E-state index contributed by atoms with van der Waals surface area (Å²) in [6, 6.07) is 7.68. The Morgan fingerprint density at radius 1 is 1.29 bits per heavy atom. The lowest BCUT2D eigenvalue weighted by Gasteiger charge is -2.13. The summed E-state index contributed by atoms with van der Waals surface area (Å²) in [4.78, 5) is 0.403. The second-order valence-corrected chi connectivity index (χ2v) is 7.84. The summed E-state index contributed by atoms with van der Waals surface area (Å²) in [5.41, 5.74) is 0.825. The number of rotatable bonds is 8. The topological polar surface area (TPSA) is 58.2 Å². The van der Waals surface area contributed by atoms with Crippen molar-refractivity contribution in [1.82, 2.24) is 10.0 Å². The molecule has 0 spiro atoms. The van der Waals surface area contributed by atoms with E-state index in [1.54, 1.807) is 12.1 Å². The van der Waals surface area contributed by atoms with Crippen LogP contribution >= 0.6 is 0 Å². The Bertz CT molecular complexity index is 569. The molecule has 1 aromatic rings. The molecule has 0 bridgehead atoms. The molecule has 2 unspecified atom stereocenters. The lowest BCUT2D eigenvalue weighted by atomic mass is 10.2. The van der Waals surface area contributed by atoms with E-state index in [1.807, 2.05) is 12.1 Å². The van der Waals surface area contributed by atoms with Gasteiger partial charge in [0.15, 0.2) is 0 Å². The Hall–Kier alpha value is -0.910. The smallest absolute Gasteiger partial charge is 0.241 e. The van der Waals surface area contributed by atoms with Crippen LogP contribution in [0.15, 0.2) is 29.2 Å². The summed E-state index contributed by atoms with van der Waals surface area (Å²) in [6.45, 7) is 6.80. The van der Waals surface area contributed by atoms with Gasteiger partial charge in [-0.3, -0.25) is 0 Å². The van der Waals surface area contributed by atoms with Crippen LogP contribution in [0.2, 0.25) is 0 Å². The van der Waals surface area contributed by atoms with Crippen LogP contribution < -0.4 is 10.0 Å². The standard InChI is InChI=1S/C16H26N2O2S/c1-4-7-13-10-15(13)18-21(19,20)16-9-6-5-8-14(16)11-17-12(2)3/h5-6,8-9,12-13,15,17-18H,4,7,10-11H2,1-3H3. The summed E-state index contributed by atoms with van der Waals surface area (Å²) in [7, 11) is -3.42. The van der Waals surface area contributed by atoms with Gasteiger partial charge >= 0.3 is 0 Å². The maximum atomic E-state index is 12.6. The molecule has 0 radical (unpaired) electrons. The van der Waals surface area contributed by atoms with Gasteiger partial charge in [-0.2, -0.15) is 0 Å². The molecule has 2 atom stereocenters. The molecule has 0 aliphatic heterocycles. The van der Waals surface area contributed by atoms with Crippen molar-refractivity contribution in [3.8, 4) is 0 Å². The maximum Gasteiger partial charge on any atom is 0.241 e. The molecule has 1 aromatic carbocycles. The van der Waals surface area contributed by atoms with Crippen molar-refractivity contribution >= 4 is 10.0 Å². The van der Waals surface area contributed by atoms with E-state index < -0.39 is 10.0 Å². The van der Waals surface area contributed by atoms with Crippen LogP contribution in [0.1, 0.15) is 45.6 Å². The van der Waals surface area contributed by atoms with Crippen molar-refractivity contribution in [1.29, 1.82) is 0 Å². The first-order valence-corrected chi connectivity index (χ1v) is 9.26. The fourth-order valence-corrected chi connectivity index (χ4v) is 4.13. The molecule has 0 aromatic heterocycles. The Morgan fingerprint density at radius 3 is 2.67 bits per heavy atom. The first-order chi connectivity index (χ1) is 9.94. The van der Waals surface area contributed by atoms with Crippen molar-refractivity contribution in [3.63, 3.8) is 0 Å². The molecule has 0 heterocycles. The van der Waals surface area contributed by atoms with E-state index in [9.17, 15) is 8.42 Å². The van der Waals surface area contributed by atoms with Gasteiger partial charge in [-0.1, -0.05) is 45.4 Å². The maximum absolute atomic E-state index is 12.6. The molecular weight excluding hydrogens is 284 g/mol. The average molecular weight is 310 g/mol. The van der Waals surface area contributed by atoms with Gasteiger partial charge in [-0.05, 0) is 30.4 Å². The molecule has 2 rings (SSSR count). The molecule has 5 heteroatoms. The minimum atomic E-state index is -3.42. The van der Waals surface area contributed by atoms with Crippen LogP contribution in [0, 0.1) is 5.92 Å². The fourth-order valence-electron chi connectivity index (χ4n) is 2.57. The van der Waals surface area contributed by atoms with E-state index in [2.05, 4.69) is 30.8 Å². The molecule has 1 fully saturated rings. The zero-order chi connectivity index (χ0) is 15.5. The van der Waals surface area contributed by atoms with Crippen LogP contribution in [0.25, 0.3) is 0 Å².